The predicted octanol–water partition coefficient (Wildman–Crippen LogP) is 5.06. The van der Waals surface area contributed by atoms with Crippen molar-refractivity contribution < 1.29 is 31.5 Å². The maximum atomic E-state index is 13.8. The third-order valence-corrected chi connectivity index (χ3v) is 11.5. The monoisotopic (exact) mass is 581 g/mol. The fourth-order valence-corrected chi connectivity index (χ4v) is 8.67. The smallest absolute Gasteiger partial charge is 0.346 e. The fraction of sp³-hybridized carbons (Fsp3) is 0.160. The Morgan fingerprint density at radius 2 is 1.59 bits per heavy atom. The van der Waals surface area contributed by atoms with E-state index in [1.165, 1.54) is 61.7 Å². The molecule has 0 amide bonds. The Balaban J connectivity index is 2.03. The molecule has 3 aromatic carbocycles. The molecule has 3 aromatic rings. The van der Waals surface area contributed by atoms with Gasteiger partial charge in [0.15, 0.2) is 0 Å². The van der Waals surface area contributed by atoms with Gasteiger partial charge in [-0.05, 0) is 72.2 Å². The van der Waals surface area contributed by atoms with E-state index in [2.05, 4.69) is 0 Å². The van der Waals surface area contributed by atoms with Crippen LogP contribution in [0.3, 0.4) is 0 Å². The number of hydrogen-bond acceptors (Lipinski definition) is 6. The lowest BCUT2D eigenvalue weighted by Gasteiger charge is -2.26. The zero-order valence-corrected chi connectivity index (χ0v) is 22.7. The zero-order chi connectivity index (χ0) is 27.1. The summed E-state index contributed by atoms with van der Waals surface area (Å²) in [5, 5.41) is 10.5. The highest BCUT2D eigenvalue weighted by Gasteiger charge is 2.50. The summed E-state index contributed by atoms with van der Waals surface area (Å²) < 4.78 is 60.2. The molecular weight excluding hydrogens is 561 g/mol. The number of nitrogens with zero attached hydrogens (tertiary/aromatic N) is 1. The average molecular weight is 582 g/mol. The van der Waals surface area contributed by atoms with Gasteiger partial charge in [0.1, 0.15) is 11.8 Å². The van der Waals surface area contributed by atoms with Crippen LogP contribution in [0.25, 0.3) is 11.3 Å². The van der Waals surface area contributed by atoms with Crippen LogP contribution in [0.5, 0.6) is 5.75 Å². The second-order valence-corrected chi connectivity index (χ2v) is 14.3. The highest BCUT2D eigenvalue weighted by molar-refractivity contribution is 8.66. The van der Waals surface area contributed by atoms with Crippen LogP contribution < -0.4 is 4.74 Å². The van der Waals surface area contributed by atoms with Crippen LogP contribution in [0, 0.1) is 6.92 Å². The van der Waals surface area contributed by atoms with Crippen molar-refractivity contribution in [3.63, 3.8) is 0 Å². The van der Waals surface area contributed by atoms with Crippen LogP contribution in [0.1, 0.15) is 23.1 Å². The number of methoxy groups -OCH3 is 1. The lowest BCUT2D eigenvalue weighted by Crippen LogP contribution is -2.43. The molecule has 0 saturated heterocycles. The Kier molecular flexibility index (Phi) is 7.31. The lowest BCUT2D eigenvalue weighted by molar-refractivity contribution is -0.140. The van der Waals surface area contributed by atoms with E-state index in [0.29, 0.717) is 20.6 Å². The minimum atomic E-state index is -5.31. The topological polar surface area (TPSA) is 118 Å². The third-order valence-electron chi connectivity index (χ3n) is 5.92. The summed E-state index contributed by atoms with van der Waals surface area (Å²) in [6.45, 7) is 1.72. The van der Waals surface area contributed by atoms with Crippen molar-refractivity contribution in [2.75, 3.05) is 7.11 Å². The van der Waals surface area contributed by atoms with E-state index in [9.17, 15) is 26.7 Å². The molecule has 4 rings (SSSR count). The fourth-order valence-electron chi connectivity index (χ4n) is 4.07. The first-order valence-corrected chi connectivity index (χ1v) is 15.0. The van der Waals surface area contributed by atoms with Gasteiger partial charge in [0, 0.05) is 16.5 Å². The highest BCUT2D eigenvalue weighted by Crippen LogP contribution is 2.46. The number of carbonyl (C=O) groups is 1. The number of ether oxygens (including phenoxy) is 1. The van der Waals surface area contributed by atoms with Gasteiger partial charge in [0.05, 0.1) is 17.7 Å². The average Bonchev–Trinajstić information content (AvgIpc) is 3.26. The molecule has 0 bridgehead atoms. The van der Waals surface area contributed by atoms with Crippen LogP contribution in [-0.4, -0.2) is 45.4 Å². The SMILES string of the molecule is COc1ccc(C2=C(c3ccc(Cl)cc3Cl)CC(C(=O)O)N2S(=O)(=O)S(=O)(=O)c2ccc(C)cc2)cc1. The lowest BCUT2D eigenvalue weighted by atomic mass is 9.98. The van der Waals surface area contributed by atoms with Gasteiger partial charge < -0.3 is 9.84 Å². The molecule has 8 nitrogen and oxygen atoms in total. The quantitative estimate of drug-likeness (QED) is 0.387. The molecule has 1 unspecified atom stereocenters. The molecule has 37 heavy (non-hydrogen) atoms. The molecule has 0 fully saturated rings. The summed E-state index contributed by atoms with van der Waals surface area (Å²) in [7, 11) is -8.91. The van der Waals surface area contributed by atoms with Gasteiger partial charge in [0.2, 0.25) is 0 Å². The van der Waals surface area contributed by atoms with Gasteiger partial charge in [-0.15, -0.1) is 0 Å². The van der Waals surface area contributed by atoms with Gasteiger partial charge in [-0.1, -0.05) is 47.0 Å². The Hall–Kier alpha value is -3.05. The zero-order valence-electron chi connectivity index (χ0n) is 19.6. The second kappa shape index (κ2) is 10.0. The van der Waals surface area contributed by atoms with E-state index in [1.54, 1.807) is 19.1 Å². The van der Waals surface area contributed by atoms with Crippen molar-refractivity contribution in [2.45, 2.75) is 24.3 Å². The molecule has 0 radical (unpaired) electrons. The summed E-state index contributed by atoms with van der Waals surface area (Å²) in [5.74, 6) is -1.06. The van der Waals surface area contributed by atoms with E-state index in [-0.39, 0.29) is 28.3 Å². The molecule has 1 N–H and O–H groups in total. The molecule has 12 heteroatoms. The standard InChI is InChI=1S/C25H21Cl2NO7S2/c1-15-3-10-19(11-4-15)36(31,32)37(33,34)28-23(25(29)30)14-21(20-12-7-17(26)13-22(20)27)24(28)16-5-8-18(35-2)9-6-16/h3-13,23H,14H2,1-2H3,(H,29,30). The summed E-state index contributed by atoms with van der Waals surface area (Å²) in [5.41, 5.74) is 1.43. The molecule has 1 aliphatic heterocycles. The number of benzene rings is 3. The molecule has 0 aliphatic carbocycles. The Morgan fingerprint density at radius 1 is 0.973 bits per heavy atom. The van der Waals surface area contributed by atoms with Crippen molar-refractivity contribution in [3.05, 3.63) is 93.5 Å². The molecule has 1 aliphatic rings. The van der Waals surface area contributed by atoms with Crippen molar-refractivity contribution >= 4 is 58.4 Å². The van der Waals surface area contributed by atoms with Crippen molar-refractivity contribution in [2.24, 2.45) is 0 Å². The van der Waals surface area contributed by atoms with Gasteiger partial charge in [-0.25, -0.2) is 17.5 Å². The highest BCUT2D eigenvalue weighted by atomic mass is 35.5. The van der Waals surface area contributed by atoms with Gasteiger partial charge in [-0.2, -0.15) is 8.42 Å². The van der Waals surface area contributed by atoms with Gasteiger partial charge >= 0.3 is 23.9 Å². The molecule has 194 valence electrons. The summed E-state index contributed by atoms with van der Waals surface area (Å²) in [4.78, 5) is 11.9. The minimum Gasteiger partial charge on any atom is -0.497 e. The number of rotatable bonds is 7. The molecule has 0 spiro atoms. The van der Waals surface area contributed by atoms with Gasteiger partial charge in [-0.3, -0.25) is 0 Å². The summed E-state index contributed by atoms with van der Waals surface area (Å²) in [6.07, 6.45) is -0.333. The van der Waals surface area contributed by atoms with Crippen LogP contribution in [-0.2, 0) is 22.7 Å². The van der Waals surface area contributed by atoms with E-state index in [0.717, 1.165) is 5.56 Å². The third kappa shape index (κ3) is 4.82. The van der Waals surface area contributed by atoms with Crippen molar-refractivity contribution in [3.8, 4) is 5.75 Å². The first-order valence-electron chi connectivity index (χ1n) is 10.8. The normalized spacial score (nSPS) is 16.2. The van der Waals surface area contributed by atoms with Crippen molar-refractivity contribution in [1.82, 2.24) is 4.31 Å². The molecule has 1 heterocycles. The molecule has 0 saturated carbocycles. The first kappa shape index (κ1) is 27.0. The molecular formula is C25H21Cl2NO7S2. The van der Waals surface area contributed by atoms with E-state index in [4.69, 9.17) is 27.9 Å². The van der Waals surface area contributed by atoms with Crippen LogP contribution in [0.4, 0.5) is 0 Å². The van der Waals surface area contributed by atoms with Crippen LogP contribution >= 0.6 is 23.2 Å². The largest absolute Gasteiger partial charge is 0.497 e. The molecule has 0 aromatic heterocycles. The van der Waals surface area contributed by atoms with E-state index >= 15 is 0 Å². The number of aliphatic carboxylic acids is 1. The minimum absolute atomic E-state index is 0.116. The Labute approximate surface area is 224 Å². The van der Waals surface area contributed by atoms with Crippen molar-refractivity contribution in [1.29, 1.82) is 0 Å². The summed E-state index contributed by atoms with van der Waals surface area (Å²) in [6, 6.07) is 14.1. The number of carboxylic acid groups (broad SMARTS) is 1. The maximum Gasteiger partial charge on any atom is 0.346 e. The first-order chi connectivity index (χ1) is 17.4. The van der Waals surface area contributed by atoms with Crippen LogP contribution in [0.2, 0.25) is 10.0 Å². The number of aryl methyl sites for hydroxylation is 1. The number of halogens is 2. The second-order valence-electron chi connectivity index (χ2n) is 8.26. The number of hydrogen-bond donors (Lipinski definition) is 1. The Morgan fingerprint density at radius 3 is 2.14 bits per heavy atom. The number of carboxylic acids is 1. The van der Waals surface area contributed by atoms with Gasteiger partial charge in [0.25, 0.3) is 0 Å². The Bertz CT molecular complexity index is 1620. The maximum absolute atomic E-state index is 13.8. The van der Waals surface area contributed by atoms with E-state index < -0.39 is 34.8 Å². The van der Waals surface area contributed by atoms with Crippen LogP contribution in [0.15, 0.2) is 71.6 Å². The molecule has 1 atom stereocenters. The van der Waals surface area contributed by atoms with E-state index in [1.807, 2.05) is 0 Å². The summed E-state index contributed by atoms with van der Waals surface area (Å²) >= 11 is 12.5. The predicted molar refractivity (Wildman–Crippen MR) is 141 cm³/mol.